The monoisotopic (exact) mass is 500 g/mol. The van der Waals surface area contributed by atoms with E-state index in [0.29, 0.717) is 18.8 Å². The highest BCUT2D eigenvalue weighted by Gasteiger charge is 2.33. The maximum atomic E-state index is 14.2. The third kappa shape index (κ3) is 5.03. The number of aromatic nitrogens is 2. The molecular formula is C23H26F2N8OS. The number of benzene rings is 1. The first-order valence-corrected chi connectivity index (χ1v) is 11.7. The molecule has 0 radical (unpaired) electrons. The fourth-order valence-corrected chi connectivity index (χ4v) is 5.10. The Bertz CT molecular complexity index is 1220. The van der Waals surface area contributed by atoms with Gasteiger partial charge in [-0.1, -0.05) is 24.3 Å². The van der Waals surface area contributed by atoms with Crippen LogP contribution >= 0.6 is 11.3 Å². The van der Waals surface area contributed by atoms with Crippen LogP contribution in [0.3, 0.4) is 0 Å². The zero-order valence-electron chi connectivity index (χ0n) is 18.9. The molecule has 3 heterocycles. The first-order valence-electron chi connectivity index (χ1n) is 10.9. The van der Waals surface area contributed by atoms with Gasteiger partial charge in [0, 0.05) is 43.8 Å². The molecule has 0 aliphatic carbocycles. The minimum absolute atomic E-state index is 0.0180. The zero-order chi connectivity index (χ0) is 25.1. The van der Waals surface area contributed by atoms with E-state index in [0.717, 1.165) is 29.2 Å². The highest BCUT2D eigenvalue weighted by Crippen LogP contribution is 2.35. The number of hydrogen-bond donors (Lipinski definition) is 5. The molecule has 8 N–H and O–H groups in total. The number of carbonyl (C=O) groups excluding carboxylic acids is 1. The quantitative estimate of drug-likeness (QED) is 0.347. The second-order valence-corrected chi connectivity index (χ2v) is 9.30. The molecular weight excluding hydrogens is 474 g/mol. The predicted molar refractivity (Wildman–Crippen MR) is 134 cm³/mol. The molecule has 12 heteroatoms. The molecule has 3 aromatic rings. The Morgan fingerprint density at radius 2 is 2.00 bits per heavy atom. The Morgan fingerprint density at radius 1 is 1.26 bits per heavy atom. The summed E-state index contributed by atoms with van der Waals surface area (Å²) >= 11 is 0.836. The van der Waals surface area contributed by atoms with Crippen molar-refractivity contribution >= 4 is 33.6 Å². The van der Waals surface area contributed by atoms with Gasteiger partial charge in [-0.2, -0.15) is 0 Å². The average Bonchev–Trinajstić information content (AvgIpc) is 3.20. The van der Waals surface area contributed by atoms with E-state index in [1.54, 1.807) is 18.5 Å². The number of halogens is 2. The van der Waals surface area contributed by atoms with Crippen LogP contribution in [-0.2, 0) is 0 Å². The molecule has 0 saturated carbocycles. The van der Waals surface area contributed by atoms with Gasteiger partial charge in [0.2, 0.25) is 0 Å². The average molecular weight is 501 g/mol. The lowest BCUT2D eigenvalue weighted by Gasteiger charge is -2.42. The summed E-state index contributed by atoms with van der Waals surface area (Å²) in [7, 11) is 0. The molecule has 1 aromatic carbocycles. The van der Waals surface area contributed by atoms with Crippen molar-refractivity contribution < 1.29 is 13.6 Å². The number of piperidine rings is 1. The van der Waals surface area contributed by atoms with Crippen LogP contribution in [0.1, 0.15) is 17.4 Å². The summed E-state index contributed by atoms with van der Waals surface area (Å²) in [6.07, 6.45) is 6.25. The van der Waals surface area contributed by atoms with E-state index < -0.39 is 17.5 Å². The van der Waals surface area contributed by atoms with E-state index in [2.05, 4.69) is 32.4 Å². The van der Waals surface area contributed by atoms with E-state index >= 15 is 0 Å². The largest absolute Gasteiger partial charge is 0.403 e. The molecule has 1 fully saturated rings. The van der Waals surface area contributed by atoms with Gasteiger partial charge in [0.1, 0.15) is 21.6 Å². The standard InChI is InChI=1S/C23H26F2N8OS/c1-12-10-33(11-15(27)19(12)30-8-6-26)17-5-7-29-9-16(17)31-22(34)20-21(28)35-23(32-20)18-13(24)3-2-4-14(18)25/h2-9,12,15,19,30H,10-11,26-28H2,1H3,(H,31,34)/b8-6-/t12-,15?,19?/m0/s1. The van der Waals surface area contributed by atoms with E-state index in [4.69, 9.17) is 17.2 Å². The summed E-state index contributed by atoms with van der Waals surface area (Å²) in [6.45, 7) is 3.28. The number of nitrogens with zero attached hydrogens (tertiary/aromatic N) is 3. The maximum Gasteiger partial charge on any atom is 0.277 e. The van der Waals surface area contributed by atoms with Gasteiger partial charge in [0.25, 0.3) is 5.91 Å². The Hall–Kier alpha value is -3.77. The van der Waals surface area contributed by atoms with Gasteiger partial charge in [0.05, 0.1) is 23.1 Å². The lowest BCUT2D eigenvalue weighted by Crippen LogP contribution is -2.60. The zero-order valence-corrected chi connectivity index (χ0v) is 19.7. The van der Waals surface area contributed by atoms with E-state index in [9.17, 15) is 13.6 Å². The van der Waals surface area contributed by atoms with E-state index in [1.807, 2.05) is 0 Å². The Kier molecular flexibility index (Phi) is 7.12. The number of pyridine rings is 1. The number of amides is 1. The molecule has 35 heavy (non-hydrogen) atoms. The fraction of sp³-hybridized carbons (Fsp3) is 0.261. The van der Waals surface area contributed by atoms with Crippen molar-refractivity contribution in [1.82, 2.24) is 15.3 Å². The van der Waals surface area contributed by atoms with E-state index in [-0.39, 0.29) is 39.3 Å². The van der Waals surface area contributed by atoms with Crippen molar-refractivity contribution in [2.75, 3.05) is 29.0 Å². The van der Waals surface area contributed by atoms with Crippen molar-refractivity contribution in [3.8, 4) is 10.6 Å². The molecule has 3 atom stereocenters. The first-order chi connectivity index (χ1) is 16.8. The van der Waals surface area contributed by atoms with Crippen molar-refractivity contribution in [1.29, 1.82) is 0 Å². The summed E-state index contributed by atoms with van der Waals surface area (Å²) in [6, 6.07) is 5.12. The summed E-state index contributed by atoms with van der Waals surface area (Å²) in [5.74, 6) is -2.01. The molecule has 9 nitrogen and oxygen atoms in total. The van der Waals surface area contributed by atoms with Gasteiger partial charge in [-0.3, -0.25) is 9.78 Å². The molecule has 1 amide bonds. The van der Waals surface area contributed by atoms with Crippen LogP contribution < -0.4 is 32.7 Å². The van der Waals surface area contributed by atoms with Gasteiger partial charge in [-0.05, 0) is 24.1 Å². The molecule has 184 valence electrons. The third-order valence-electron chi connectivity index (χ3n) is 5.83. The smallest absolute Gasteiger partial charge is 0.277 e. The van der Waals surface area contributed by atoms with Crippen LogP contribution in [0.2, 0.25) is 0 Å². The van der Waals surface area contributed by atoms with Crippen molar-refractivity contribution in [2.24, 2.45) is 17.4 Å². The number of carbonyl (C=O) groups is 1. The molecule has 1 saturated heterocycles. The van der Waals surface area contributed by atoms with Crippen LogP contribution in [-0.4, -0.2) is 41.0 Å². The predicted octanol–water partition coefficient (Wildman–Crippen LogP) is 2.49. The number of rotatable bonds is 6. The third-order valence-corrected chi connectivity index (χ3v) is 6.73. The van der Waals surface area contributed by atoms with Crippen LogP contribution in [0.15, 0.2) is 49.1 Å². The molecule has 2 aromatic heterocycles. The van der Waals surface area contributed by atoms with Gasteiger partial charge >= 0.3 is 0 Å². The van der Waals surface area contributed by atoms with Crippen LogP contribution in [0.4, 0.5) is 25.2 Å². The second kappa shape index (κ2) is 10.2. The Balaban J connectivity index is 1.56. The first kappa shape index (κ1) is 24.4. The minimum atomic E-state index is -0.787. The van der Waals surface area contributed by atoms with Crippen molar-refractivity contribution in [3.63, 3.8) is 0 Å². The molecule has 0 spiro atoms. The van der Waals surface area contributed by atoms with Gasteiger partial charge < -0.3 is 32.7 Å². The lowest BCUT2D eigenvalue weighted by atomic mass is 9.90. The van der Waals surface area contributed by atoms with Gasteiger partial charge in [-0.25, -0.2) is 13.8 Å². The van der Waals surface area contributed by atoms with Crippen LogP contribution in [0.5, 0.6) is 0 Å². The highest BCUT2D eigenvalue weighted by atomic mass is 32.1. The topological polar surface area (TPSA) is 148 Å². The highest BCUT2D eigenvalue weighted by molar-refractivity contribution is 7.19. The number of thiazole rings is 1. The number of nitrogens with one attached hydrogen (secondary N) is 2. The molecule has 4 rings (SSSR count). The van der Waals surface area contributed by atoms with Crippen molar-refractivity contribution in [3.05, 3.63) is 66.4 Å². The Labute approximate surface area is 205 Å². The molecule has 2 unspecified atom stereocenters. The normalized spacial score (nSPS) is 20.2. The number of nitrogens with two attached hydrogens (primary N) is 3. The number of anilines is 3. The summed E-state index contributed by atoms with van der Waals surface area (Å²) in [4.78, 5) is 23.4. The molecule has 0 bridgehead atoms. The second-order valence-electron chi connectivity index (χ2n) is 8.27. The summed E-state index contributed by atoms with van der Waals surface area (Å²) in [5, 5.41) is 6.04. The van der Waals surface area contributed by atoms with Crippen LogP contribution in [0, 0.1) is 17.6 Å². The fourth-order valence-electron chi connectivity index (χ4n) is 4.22. The Morgan fingerprint density at radius 3 is 2.69 bits per heavy atom. The number of hydrogen-bond acceptors (Lipinski definition) is 9. The number of nitrogen functional groups attached to an aromatic ring is 1. The molecule has 1 aliphatic rings. The minimum Gasteiger partial charge on any atom is -0.403 e. The lowest BCUT2D eigenvalue weighted by molar-refractivity contribution is 0.102. The SMILES string of the molecule is C[C@H]1CN(c2ccncc2NC(=O)c2nc(-c3c(F)cccc3F)sc2N)CC(N)C1N/C=C\N. The van der Waals surface area contributed by atoms with Gasteiger partial charge in [-0.15, -0.1) is 0 Å². The van der Waals surface area contributed by atoms with E-state index in [1.165, 1.54) is 18.5 Å². The summed E-state index contributed by atoms with van der Waals surface area (Å²) in [5.41, 5.74) is 18.6. The van der Waals surface area contributed by atoms with Crippen LogP contribution in [0.25, 0.3) is 10.6 Å². The van der Waals surface area contributed by atoms with Gasteiger partial charge in [0.15, 0.2) is 5.69 Å². The van der Waals surface area contributed by atoms with Crippen molar-refractivity contribution in [2.45, 2.75) is 19.0 Å². The summed E-state index contributed by atoms with van der Waals surface area (Å²) < 4.78 is 28.4. The molecule has 1 aliphatic heterocycles. The maximum absolute atomic E-state index is 14.2.